The molecule has 1 rings (SSSR count). The van der Waals surface area contributed by atoms with E-state index >= 15 is 0 Å². The smallest absolute Gasteiger partial charge is 0.127 e. The second-order valence-electron chi connectivity index (χ2n) is 5.13. The van der Waals surface area contributed by atoms with Crippen LogP contribution < -0.4 is 15.2 Å². The summed E-state index contributed by atoms with van der Waals surface area (Å²) in [6, 6.07) is 5.68. The Balaban J connectivity index is 2.91. The second kappa shape index (κ2) is 5.76. The van der Waals surface area contributed by atoms with Gasteiger partial charge in [0.05, 0.1) is 26.6 Å². The van der Waals surface area contributed by atoms with E-state index in [2.05, 4.69) is 4.99 Å². The summed E-state index contributed by atoms with van der Waals surface area (Å²) < 4.78 is 10.5. The van der Waals surface area contributed by atoms with Gasteiger partial charge in [-0.25, -0.2) is 0 Å². The Labute approximate surface area is 109 Å². The maximum atomic E-state index is 5.93. The molecule has 0 amide bonds. The van der Waals surface area contributed by atoms with Crippen molar-refractivity contribution in [2.45, 2.75) is 27.3 Å². The van der Waals surface area contributed by atoms with Crippen LogP contribution in [0.1, 0.15) is 26.3 Å². The highest BCUT2D eigenvalue weighted by Crippen LogP contribution is 2.25. The lowest BCUT2D eigenvalue weighted by Crippen LogP contribution is -2.29. The molecule has 0 saturated carbocycles. The predicted octanol–water partition coefficient (Wildman–Crippen LogP) is 2.61. The quantitative estimate of drug-likeness (QED) is 0.660. The van der Waals surface area contributed by atoms with E-state index in [0.717, 1.165) is 17.1 Å². The van der Waals surface area contributed by atoms with Crippen LogP contribution >= 0.6 is 0 Å². The molecular formula is C14H22N2O2. The molecule has 0 aliphatic carbocycles. The molecule has 2 N–H and O–H groups in total. The molecule has 0 unspecified atom stereocenters. The number of ether oxygens (including phenoxy) is 2. The normalized spacial score (nSPS) is 12.4. The second-order valence-corrected chi connectivity index (χ2v) is 5.13. The SMILES string of the molecule is COc1ccc(CN=C(N)C(C)(C)C)c(OC)c1. The zero-order valence-corrected chi connectivity index (χ0v) is 11.8. The van der Waals surface area contributed by atoms with Crippen molar-refractivity contribution in [3.8, 4) is 11.5 Å². The molecule has 18 heavy (non-hydrogen) atoms. The van der Waals surface area contributed by atoms with Crippen molar-refractivity contribution in [3.05, 3.63) is 23.8 Å². The lowest BCUT2D eigenvalue weighted by atomic mass is 9.95. The molecule has 0 heterocycles. The fourth-order valence-corrected chi connectivity index (χ4v) is 1.39. The summed E-state index contributed by atoms with van der Waals surface area (Å²) in [5.74, 6) is 2.17. The monoisotopic (exact) mass is 250 g/mol. The van der Waals surface area contributed by atoms with Crippen LogP contribution in [0.15, 0.2) is 23.2 Å². The third-order valence-electron chi connectivity index (χ3n) is 2.68. The Morgan fingerprint density at radius 2 is 1.89 bits per heavy atom. The van der Waals surface area contributed by atoms with Gasteiger partial charge in [0.1, 0.15) is 11.5 Å². The van der Waals surface area contributed by atoms with Gasteiger partial charge in [-0.3, -0.25) is 4.99 Å². The van der Waals surface area contributed by atoms with E-state index in [9.17, 15) is 0 Å². The number of nitrogens with zero attached hydrogens (tertiary/aromatic N) is 1. The van der Waals surface area contributed by atoms with Gasteiger partial charge in [-0.05, 0) is 12.1 Å². The van der Waals surface area contributed by atoms with E-state index in [0.29, 0.717) is 12.4 Å². The third-order valence-corrected chi connectivity index (χ3v) is 2.68. The van der Waals surface area contributed by atoms with Crippen LogP contribution in [0, 0.1) is 5.41 Å². The average molecular weight is 250 g/mol. The Morgan fingerprint density at radius 3 is 2.39 bits per heavy atom. The minimum atomic E-state index is -0.111. The van der Waals surface area contributed by atoms with Gasteiger partial charge in [-0.15, -0.1) is 0 Å². The fraction of sp³-hybridized carbons (Fsp3) is 0.500. The summed E-state index contributed by atoms with van der Waals surface area (Å²) in [6.07, 6.45) is 0. The highest BCUT2D eigenvalue weighted by molar-refractivity contribution is 5.85. The van der Waals surface area contributed by atoms with E-state index in [1.807, 2.05) is 39.0 Å². The van der Waals surface area contributed by atoms with Crippen molar-refractivity contribution in [3.63, 3.8) is 0 Å². The van der Waals surface area contributed by atoms with Crippen LogP contribution in [0.25, 0.3) is 0 Å². The first-order valence-corrected chi connectivity index (χ1v) is 5.89. The molecular weight excluding hydrogens is 228 g/mol. The Morgan fingerprint density at radius 1 is 1.22 bits per heavy atom. The first-order chi connectivity index (χ1) is 8.38. The van der Waals surface area contributed by atoms with Gasteiger partial charge in [-0.1, -0.05) is 20.8 Å². The summed E-state index contributed by atoms with van der Waals surface area (Å²) in [5, 5.41) is 0. The molecule has 4 nitrogen and oxygen atoms in total. The summed E-state index contributed by atoms with van der Waals surface area (Å²) in [5.41, 5.74) is 6.81. The maximum Gasteiger partial charge on any atom is 0.127 e. The zero-order valence-electron chi connectivity index (χ0n) is 11.8. The van der Waals surface area contributed by atoms with Gasteiger partial charge in [0.25, 0.3) is 0 Å². The van der Waals surface area contributed by atoms with Crippen LogP contribution in [-0.4, -0.2) is 20.1 Å². The standard InChI is InChI=1S/C14H22N2O2/c1-14(2,3)13(15)16-9-10-6-7-11(17-4)8-12(10)18-5/h6-8H,9H2,1-5H3,(H2,15,16). The first-order valence-electron chi connectivity index (χ1n) is 5.89. The molecule has 1 aromatic rings. The Bertz CT molecular complexity index is 434. The van der Waals surface area contributed by atoms with Crippen molar-refractivity contribution >= 4 is 5.84 Å². The van der Waals surface area contributed by atoms with Gasteiger partial charge in [0, 0.05) is 17.0 Å². The third kappa shape index (κ3) is 3.65. The zero-order chi connectivity index (χ0) is 13.8. The molecule has 0 bridgehead atoms. The predicted molar refractivity (Wildman–Crippen MR) is 74.3 cm³/mol. The lowest BCUT2D eigenvalue weighted by molar-refractivity contribution is 0.391. The molecule has 0 aliphatic rings. The van der Waals surface area contributed by atoms with Gasteiger partial charge in [0.2, 0.25) is 0 Å². The number of amidine groups is 1. The lowest BCUT2D eigenvalue weighted by Gasteiger charge is -2.17. The number of benzene rings is 1. The summed E-state index contributed by atoms with van der Waals surface area (Å²) >= 11 is 0. The summed E-state index contributed by atoms with van der Waals surface area (Å²) in [4.78, 5) is 4.40. The molecule has 4 heteroatoms. The molecule has 0 aromatic heterocycles. The van der Waals surface area contributed by atoms with E-state index in [1.165, 1.54) is 0 Å². The minimum Gasteiger partial charge on any atom is -0.497 e. The van der Waals surface area contributed by atoms with Gasteiger partial charge in [-0.2, -0.15) is 0 Å². The van der Waals surface area contributed by atoms with Gasteiger partial charge >= 0.3 is 0 Å². The summed E-state index contributed by atoms with van der Waals surface area (Å²) in [6.45, 7) is 6.63. The van der Waals surface area contributed by atoms with Crippen LogP contribution in [0.4, 0.5) is 0 Å². The van der Waals surface area contributed by atoms with Crippen molar-refractivity contribution < 1.29 is 9.47 Å². The average Bonchev–Trinajstić information content (AvgIpc) is 2.34. The Hall–Kier alpha value is -1.71. The van der Waals surface area contributed by atoms with Crippen molar-refractivity contribution in [1.82, 2.24) is 0 Å². The van der Waals surface area contributed by atoms with E-state index < -0.39 is 0 Å². The highest BCUT2D eigenvalue weighted by Gasteiger charge is 2.15. The Kier molecular flexibility index (Phi) is 4.59. The molecule has 0 atom stereocenters. The molecule has 0 radical (unpaired) electrons. The molecule has 0 fully saturated rings. The van der Waals surface area contributed by atoms with Gasteiger partial charge < -0.3 is 15.2 Å². The fourth-order valence-electron chi connectivity index (χ4n) is 1.39. The van der Waals surface area contributed by atoms with Crippen LogP contribution in [0.2, 0.25) is 0 Å². The van der Waals surface area contributed by atoms with E-state index in [4.69, 9.17) is 15.2 Å². The first kappa shape index (κ1) is 14.4. The largest absolute Gasteiger partial charge is 0.497 e. The number of nitrogens with two attached hydrogens (primary N) is 1. The number of hydrogen-bond donors (Lipinski definition) is 1. The number of aliphatic imine (C=N–C) groups is 1. The molecule has 0 saturated heterocycles. The van der Waals surface area contributed by atoms with Crippen molar-refractivity contribution in [2.24, 2.45) is 16.1 Å². The topological polar surface area (TPSA) is 56.8 Å². The van der Waals surface area contributed by atoms with Crippen LogP contribution in [0.5, 0.6) is 11.5 Å². The number of methoxy groups -OCH3 is 2. The molecule has 0 aliphatic heterocycles. The molecule has 0 spiro atoms. The van der Waals surface area contributed by atoms with Gasteiger partial charge in [0.15, 0.2) is 0 Å². The van der Waals surface area contributed by atoms with E-state index in [-0.39, 0.29) is 5.41 Å². The number of hydrogen-bond acceptors (Lipinski definition) is 3. The molecule has 100 valence electrons. The maximum absolute atomic E-state index is 5.93. The van der Waals surface area contributed by atoms with Crippen molar-refractivity contribution in [2.75, 3.05) is 14.2 Å². The molecule has 1 aromatic carbocycles. The minimum absolute atomic E-state index is 0.111. The van der Waals surface area contributed by atoms with E-state index in [1.54, 1.807) is 14.2 Å². The summed E-state index contributed by atoms with van der Waals surface area (Å²) in [7, 11) is 3.26. The van der Waals surface area contributed by atoms with Crippen molar-refractivity contribution in [1.29, 1.82) is 0 Å². The van der Waals surface area contributed by atoms with Crippen LogP contribution in [-0.2, 0) is 6.54 Å². The van der Waals surface area contributed by atoms with Crippen LogP contribution in [0.3, 0.4) is 0 Å². The highest BCUT2D eigenvalue weighted by atomic mass is 16.5. The number of rotatable bonds is 4.